The van der Waals surface area contributed by atoms with Gasteiger partial charge in [-0.3, -0.25) is 0 Å². The molecule has 5 heteroatoms. The van der Waals surface area contributed by atoms with Crippen LogP contribution in [0.4, 0.5) is 0 Å². The number of pyridine rings is 1. The van der Waals surface area contributed by atoms with Gasteiger partial charge in [0.2, 0.25) is 0 Å². The molecule has 0 aromatic carbocycles. The van der Waals surface area contributed by atoms with E-state index in [-0.39, 0.29) is 0 Å². The van der Waals surface area contributed by atoms with E-state index in [9.17, 15) is 0 Å². The van der Waals surface area contributed by atoms with Gasteiger partial charge in [0.05, 0.1) is 6.10 Å². The number of alkyl halides is 1. The summed E-state index contributed by atoms with van der Waals surface area (Å²) in [5.74, 6) is 1.63. The molecule has 1 aliphatic carbocycles. The van der Waals surface area contributed by atoms with Gasteiger partial charge in [0.15, 0.2) is 5.65 Å². The van der Waals surface area contributed by atoms with E-state index < -0.39 is 0 Å². The van der Waals surface area contributed by atoms with Gasteiger partial charge >= 0.3 is 0 Å². The average molecular weight is 280 g/mol. The predicted octanol–water partition coefficient (Wildman–Crippen LogP) is 2.87. The monoisotopic (exact) mass is 279 g/mol. The largest absolute Gasteiger partial charge is 0.381 e. The number of methoxy groups -OCH3 is 1. The van der Waals surface area contributed by atoms with Gasteiger partial charge in [-0.05, 0) is 31.4 Å². The van der Waals surface area contributed by atoms with Crippen LogP contribution in [0.15, 0.2) is 12.3 Å². The highest BCUT2D eigenvalue weighted by atomic mass is 35.5. The maximum Gasteiger partial charge on any atom is 0.160 e. The second-order valence-electron chi connectivity index (χ2n) is 5.18. The fraction of sp³-hybridized carbons (Fsp3) is 0.571. The molecule has 0 atom stereocenters. The maximum absolute atomic E-state index is 5.89. The number of halogens is 1. The number of hydrogen-bond acceptors (Lipinski definition) is 3. The van der Waals surface area contributed by atoms with Gasteiger partial charge in [0.25, 0.3) is 0 Å². The van der Waals surface area contributed by atoms with Gasteiger partial charge in [0.1, 0.15) is 11.3 Å². The van der Waals surface area contributed by atoms with E-state index in [0.29, 0.717) is 18.0 Å². The minimum Gasteiger partial charge on any atom is -0.381 e. The lowest BCUT2D eigenvalue weighted by molar-refractivity contribution is 0.00649. The molecule has 0 aliphatic heterocycles. The second kappa shape index (κ2) is 5.10. The predicted molar refractivity (Wildman–Crippen MR) is 75.8 cm³/mol. The van der Waals surface area contributed by atoms with Crippen LogP contribution in [0.2, 0.25) is 0 Å². The van der Waals surface area contributed by atoms with Gasteiger partial charge in [0, 0.05) is 31.6 Å². The molecular weight excluding hydrogens is 262 g/mol. The molecule has 4 nitrogen and oxygen atoms in total. The van der Waals surface area contributed by atoms with E-state index in [0.717, 1.165) is 41.8 Å². The number of ether oxygens (including phenoxy) is 1. The molecule has 0 spiro atoms. The number of hydrogen-bond donors (Lipinski definition) is 0. The molecule has 1 saturated carbocycles. The Morgan fingerprint density at radius 3 is 2.95 bits per heavy atom. The molecule has 0 amide bonds. The van der Waals surface area contributed by atoms with Crippen molar-refractivity contribution >= 4 is 22.8 Å². The third kappa shape index (κ3) is 2.23. The Hall–Kier alpha value is -1.13. The molecule has 0 radical (unpaired) electrons. The van der Waals surface area contributed by atoms with Gasteiger partial charge in [-0.15, -0.1) is 11.6 Å². The van der Waals surface area contributed by atoms with Crippen molar-refractivity contribution in [2.75, 3.05) is 13.0 Å². The number of fused-ring (bicyclic) bond motifs is 1. The summed E-state index contributed by atoms with van der Waals surface area (Å²) in [6, 6.07) is 2.53. The van der Waals surface area contributed by atoms with E-state index >= 15 is 0 Å². The number of aromatic nitrogens is 3. The highest BCUT2D eigenvalue weighted by Gasteiger charge is 2.33. The molecule has 0 bridgehead atoms. The molecule has 0 unspecified atom stereocenters. The first-order valence-electron chi connectivity index (χ1n) is 6.65. The minimum absolute atomic E-state index is 0.372. The molecule has 2 aromatic rings. The minimum atomic E-state index is 0.372. The fourth-order valence-electron chi connectivity index (χ4n) is 2.72. The van der Waals surface area contributed by atoms with E-state index in [2.05, 4.69) is 15.6 Å². The first-order valence-corrected chi connectivity index (χ1v) is 7.18. The normalized spacial score (nSPS) is 22.7. The van der Waals surface area contributed by atoms with Crippen molar-refractivity contribution in [2.24, 2.45) is 0 Å². The Bertz CT molecular complexity index is 590. The molecule has 0 N–H and O–H groups in total. The van der Waals surface area contributed by atoms with Crippen LogP contribution < -0.4 is 0 Å². The summed E-state index contributed by atoms with van der Waals surface area (Å²) in [4.78, 5) is 9.25. The summed E-state index contributed by atoms with van der Waals surface area (Å²) < 4.78 is 7.62. The quantitative estimate of drug-likeness (QED) is 0.808. The van der Waals surface area contributed by atoms with Crippen LogP contribution in [0.5, 0.6) is 0 Å². The van der Waals surface area contributed by atoms with Crippen molar-refractivity contribution in [3.63, 3.8) is 0 Å². The molecule has 1 aliphatic rings. The van der Waals surface area contributed by atoms with E-state index in [1.165, 1.54) is 0 Å². The lowest BCUT2D eigenvalue weighted by atomic mass is 9.89. The Labute approximate surface area is 117 Å². The number of imidazole rings is 1. The zero-order chi connectivity index (χ0) is 13.4. The third-order valence-corrected chi connectivity index (χ3v) is 4.02. The number of rotatable bonds is 4. The second-order valence-corrected chi connectivity index (χ2v) is 5.55. The lowest BCUT2D eigenvalue weighted by Gasteiger charge is -2.36. The number of aryl methyl sites for hydroxylation is 2. The van der Waals surface area contributed by atoms with E-state index in [1.807, 2.05) is 13.1 Å². The van der Waals surface area contributed by atoms with Crippen LogP contribution in [-0.2, 0) is 11.2 Å². The van der Waals surface area contributed by atoms with Crippen LogP contribution in [0.3, 0.4) is 0 Å². The topological polar surface area (TPSA) is 39.9 Å². The standard InChI is InChI=1S/C14H18ClN3O/c1-9-5-12-14(16-8-9)18(13(17-12)3-4-15)10-6-11(7-10)19-2/h5,8,10-11H,3-4,6-7H2,1-2H3. The third-order valence-electron chi connectivity index (χ3n) is 3.83. The highest BCUT2D eigenvalue weighted by molar-refractivity contribution is 6.17. The van der Waals surface area contributed by atoms with Gasteiger partial charge < -0.3 is 9.30 Å². The number of nitrogens with zero attached hydrogens (tertiary/aromatic N) is 3. The van der Waals surface area contributed by atoms with E-state index in [1.54, 1.807) is 7.11 Å². The Morgan fingerprint density at radius 2 is 2.26 bits per heavy atom. The van der Waals surface area contributed by atoms with Gasteiger partial charge in [-0.2, -0.15) is 0 Å². The summed E-state index contributed by atoms with van der Waals surface area (Å²) in [6.07, 6.45) is 5.12. The van der Waals surface area contributed by atoms with Crippen molar-refractivity contribution < 1.29 is 4.74 Å². The van der Waals surface area contributed by atoms with Crippen molar-refractivity contribution in [2.45, 2.75) is 38.3 Å². The van der Waals surface area contributed by atoms with Gasteiger partial charge in [-0.1, -0.05) is 0 Å². The molecule has 3 rings (SSSR count). The first-order chi connectivity index (χ1) is 9.22. The molecule has 19 heavy (non-hydrogen) atoms. The summed E-state index contributed by atoms with van der Waals surface area (Å²) >= 11 is 5.89. The molecular formula is C14H18ClN3O. The lowest BCUT2D eigenvalue weighted by Crippen LogP contribution is -2.33. The molecule has 2 aromatic heterocycles. The molecule has 0 saturated heterocycles. The Kier molecular flexibility index (Phi) is 3.46. The fourth-order valence-corrected chi connectivity index (χ4v) is 2.88. The van der Waals surface area contributed by atoms with Crippen molar-refractivity contribution in [1.82, 2.24) is 14.5 Å². The molecule has 1 fully saturated rings. The van der Waals surface area contributed by atoms with Crippen molar-refractivity contribution in [3.8, 4) is 0 Å². The molecule has 2 heterocycles. The zero-order valence-corrected chi connectivity index (χ0v) is 12.0. The smallest absolute Gasteiger partial charge is 0.160 e. The highest BCUT2D eigenvalue weighted by Crippen LogP contribution is 2.37. The van der Waals surface area contributed by atoms with Crippen LogP contribution in [0.25, 0.3) is 11.2 Å². The Balaban J connectivity index is 2.02. The SMILES string of the molecule is COC1CC(n2c(CCCl)nc3cc(C)cnc32)C1. The van der Waals surface area contributed by atoms with Crippen LogP contribution in [0, 0.1) is 6.92 Å². The Morgan fingerprint density at radius 1 is 1.47 bits per heavy atom. The van der Waals surface area contributed by atoms with Crippen LogP contribution in [-0.4, -0.2) is 33.6 Å². The van der Waals surface area contributed by atoms with Crippen LogP contribution in [0.1, 0.15) is 30.3 Å². The van der Waals surface area contributed by atoms with Crippen molar-refractivity contribution in [3.05, 3.63) is 23.7 Å². The average Bonchev–Trinajstić information content (AvgIpc) is 2.66. The summed E-state index contributed by atoms with van der Waals surface area (Å²) in [6.45, 7) is 2.04. The molecule has 102 valence electrons. The zero-order valence-electron chi connectivity index (χ0n) is 11.3. The van der Waals surface area contributed by atoms with Gasteiger partial charge in [-0.25, -0.2) is 9.97 Å². The maximum atomic E-state index is 5.89. The van der Waals surface area contributed by atoms with Crippen molar-refractivity contribution in [1.29, 1.82) is 0 Å². The summed E-state index contributed by atoms with van der Waals surface area (Å²) in [5, 5.41) is 0. The summed E-state index contributed by atoms with van der Waals surface area (Å²) in [5.41, 5.74) is 3.09. The first kappa shape index (κ1) is 12.9. The summed E-state index contributed by atoms with van der Waals surface area (Å²) in [7, 11) is 1.77. The van der Waals surface area contributed by atoms with Crippen LogP contribution >= 0.6 is 11.6 Å². The van der Waals surface area contributed by atoms with E-state index in [4.69, 9.17) is 21.3 Å².